The van der Waals surface area contributed by atoms with Crippen LogP contribution in [-0.2, 0) is 0 Å². The van der Waals surface area contributed by atoms with Gasteiger partial charge in [-0.15, -0.1) is 22.7 Å². The molecule has 5 nitrogen and oxygen atoms in total. The van der Waals surface area contributed by atoms with Crippen molar-refractivity contribution in [3.63, 3.8) is 0 Å². The van der Waals surface area contributed by atoms with Gasteiger partial charge in [0.2, 0.25) is 0 Å². The van der Waals surface area contributed by atoms with Gasteiger partial charge in [0.15, 0.2) is 10.8 Å². The molecule has 3 aromatic heterocycles. The number of nitrogens with one attached hydrogen (secondary N) is 1. The van der Waals surface area contributed by atoms with Crippen molar-refractivity contribution in [1.29, 1.82) is 0 Å². The number of carbonyl (C=O) groups is 1. The second-order valence-electron chi connectivity index (χ2n) is 6.43. The number of amides is 1. The fraction of sp³-hybridized carbons (Fsp3) is 0.368. The molecule has 0 radical (unpaired) electrons. The number of furan rings is 1. The molecule has 26 heavy (non-hydrogen) atoms. The zero-order chi connectivity index (χ0) is 17.9. The van der Waals surface area contributed by atoms with Gasteiger partial charge in [-0.2, -0.15) is 0 Å². The third-order valence-electron chi connectivity index (χ3n) is 4.60. The molecule has 1 aliphatic heterocycles. The van der Waals surface area contributed by atoms with Gasteiger partial charge in [0.25, 0.3) is 5.91 Å². The van der Waals surface area contributed by atoms with E-state index in [-0.39, 0.29) is 11.9 Å². The van der Waals surface area contributed by atoms with Gasteiger partial charge in [-0.3, -0.25) is 9.69 Å². The summed E-state index contributed by atoms with van der Waals surface area (Å²) in [5, 5.41) is 7.69. The van der Waals surface area contributed by atoms with Crippen LogP contribution < -0.4 is 5.32 Å². The minimum absolute atomic E-state index is 0.128. The van der Waals surface area contributed by atoms with E-state index in [1.807, 2.05) is 19.1 Å². The molecule has 1 saturated heterocycles. The van der Waals surface area contributed by atoms with Crippen LogP contribution in [0.25, 0.3) is 10.8 Å². The predicted molar refractivity (Wildman–Crippen MR) is 105 cm³/mol. The van der Waals surface area contributed by atoms with Gasteiger partial charge in [0.1, 0.15) is 11.5 Å². The Labute approximate surface area is 160 Å². The number of hydrogen-bond donors (Lipinski definition) is 1. The molecule has 4 heterocycles. The van der Waals surface area contributed by atoms with Crippen molar-refractivity contribution in [2.45, 2.75) is 25.8 Å². The number of aromatic nitrogens is 1. The summed E-state index contributed by atoms with van der Waals surface area (Å²) in [6.45, 7) is 4.69. The molecule has 0 saturated carbocycles. The van der Waals surface area contributed by atoms with Crippen molar-refractivity contribution in [3.05, 3.63) is 51.4 Å². The molecule has 1 aliphatic rings. The van der Waals surface area contributed by atoms with E-state index in [0.717, 1.165) is 23.9 Å². The number of hydrogen-bond acceptors (Lipinski definition) is 6. The van der Waals surface area contributed by atoms with Crippen LogP contribution in [0.1, 0.15) is 40.0 Å². The summed E-state index contributed by atoms with van der Waals surface area (Å²) >= 11 is 3.18. The van der Waals surface area contributed by atoms with Gasteiger partial charge in [-0.1, -0.05) is 6.07 Å². The quantitative estimate of drug-likeness (QED) is 0.683. The highest BCUT2D eigenvalue weighted by Gasteiger charge is 2.25. The van der Waals surface area contributed by atoms with Crippen molar-refractivity contribution in [2.75, 3.05) is 19.6 Å². The Morgan fingerprint density at radius 3 is 2.85 bits per heavy atom. The minimum atomic E-state index is -0.128. The summed E-state index contributed by atoms with van der Waals surface area (Å²) in [5.41, 5.74) is 0.449. The summed E-state index contributed by atoms with van der Waals surface area (Å²) in [4.78, 5) is 20.8. The monoisotopic (exact) mass is 387 g/mol. The molecule has 0 bridgehead atoms. The molecule has 1 N–H and O–H groups in total. The van der Waals surface area contributed by atoms with Gasteiger partial charge >= 0.3 is 0 Å². The first-order valence-corrected chi connectivity index (χ1v) is 10.5. The number of rotatable bonds is 6. The fourth-order valence-corrected chi connectivity index (χ4v) is 4.89. The topological polar surface area (TPSA) is 58.4 Å². The number of likely N-dealkylation sites (tertiary alicyclic amines) is 1. The van der Waals surface area contributed by atoms with E-state index in [1.54, 1.807) is 16.7 Å². The van der Waals surface area contributed by atoms with E-state index < -0.39 is 0 Å². The Morgan fingerprint density at radius 1 is 1.31 bits per heavy atom. The fourth-order valence-electron chi connectivity index (χ4n) is 3.26. The number of thiophene rings is 1. The molecule has 0 unspecified atom stereocenters. The number of carbonyl (C=O) groups excluding carboxylic acids is 1. The zero-order valence-electron chi connectivity index (χ0n) is 14.6. The first-order valence-electron chi connectivity index (χ1n) is 8.79. The number of aryl methyl sites for hydroxylation is 1. The Bertz CT molecular complexity index is 863. The molecule has 1 atom stereocenters. The van der Waals surface area contributed by atoms with Gasteiger partial charge in [0, 0.05) is 16.8 Å². The summed E-state index contributed by atoms with van der Waals surface area (Å²) in [5.74, 6) is 1.42. The van der Waals surface area contributed by atoms with Gasteiger partial charge < -0.3 is 9.73 Å². The molecule has 3 aromatic rings. The molecular formula is C19H21N3O2S2. The highest BCUT2D eigenvalue weighted by molar-refractivity contribution is 7.13. The smallest absolute Gasteiger partial charge is 0.270 e. The maximum absolute atomic E-state index is 12.6. The van der Waals surface area contributed by atoms with Crippen molar-refractivity contribution >= 4 is 28.6 Å². The average molecular weight is 388 g/mol. The molecule has 0 aromatic carbocycles. The van der Waals surface area contributed by atoms with E-state index in [2.05, 4.69) is 32.7 Å². The Hall–Kier alpha value is -1.96. The molecule has 1 fully saturated rings. The second-order valence-corrected chi connectivity index (χ2v) is 8.27. The van der Waals surface area contributed by atoms with Gasteiger partial charge in [0.05, 0.1) is 6.04 Å². The van der Waals surface area contributed by atoms with Crippen molar-refractivity contribution in [1.82, 2.24) is 15.2 Å². The third-order valence-corrected chi connectivity index (χ3v) is 6.43. The lowest BCUT2D eigenvalue weighted by molar-refractivity contribution is 0.0934. The van der Waals surface area contributed by atoms with E-state index in [4.69, 9.17) is 4.42 Å². The summed E-state index contributed by atoms with van der Waals surface area (Å²) in [6.07, 6.45) is 2.46. The van der Waals surface area contributed by atoms with E-state index in [9.17, 15) is 4.79 Å². The molecule has 7 heteroatoms. The maximum Gasteiger partial charge on any atom is 0.270 e. The second kappa shape index (κ2) is 7.73. The maximum atomic E-state index is 12.6. The lowest BCUT2D eigenvalue weighted by Gasteiger charge is -2.26. The lowest BCUT2D eigenvalue weighted by Crippen LogP contribution is -2.36. The minimum Gasteiger partial charge on any atom is -0.459 e. The van der Waals surface area contributed by atoms with E-state index in [1.165, 1.54) is 29.1 Å². The highest BCUT2D eigenvalue weighted by Crippen LogP contribution is 2.28. The van der Waals surface area contributed by atoms with Crippen LogP contribution in [0.2, 0.25) is 0 Å². The van der Waals surface area contributed by atoms with E-state index in [0.29, 0.717) is 18.0 Å². The lowest BCUT2D eigenvalue weighted by atomic mass is 10.2. The van der Waals surface area contributed by atoms with Crippen LogP contribution in [-0.4, -0.2) is 35.4 Å². The van der Waals surface area contributed by atoms with Crippen LogP contribution in [0.4, 0.5) is 0 Å². The van der Waals surface area contributed by atoms with Crippen molar-refractivity contribution < 1.29 is 9.21 Å². The molecule has 136 valence electrons. The predicted octanol–water partition coefficient (Wildman–Crippen LogP) is 4.34. The van der Waals surface area contributed by atoms with Crippen LogP contribution in [0, 0.1) is 6.92 Å². The number of nitrogens with zero attached hydrogens (tertiary/aromatic N) is 2. The third kappa shape index (κ3) is 3.75. The van der Waals surface area contributed by atoms with Gasteiger partial charge in [-0.25, -0.2) is 4.98 Å². The average Bonchev–Trinajstić information content (AvgIpc) is 3.42. The number of thiazole rings is 1. The largest absolute Gasteiger partial charge is 0.459 e. The standard InChI is InChI=1S/C19H21N3O2S2/c1-13-6-7-16(24-13)19-21-14(12-26-19)18(23)20-11-15(17-5-4-10-25-17)22-8-2-3-9-22/h4-7,10,12,15H,2-3,8-9,11H2,1H3,(H,20,23)/t15-/m0/s1. The first kappa shape index (κ1) is 17.5. The van der Waals surface area contributed by atoms with Crippen LogP contribution in [0.3, 0.4) is 0 Å². The molecular weight excluding hydrogens is 366 g/mol. The molecule has 0 spiro atoms. The Balaban J connectivity index is 1.43. The van der Waals surface area contributed by atoms with E-state index >= 15 is 0 Å². The molecule has 4 rings (SSSR count). The summed E-state index contributed by atoms with van der Waals surface area (Å²) in [7, 11) is 0. The van der Waals surface area contributed by atoms with Crippen LogP contribution in [0.15, 0.2) is 39.4 Å². The van der Waals surface area contributed by atoms with Crippen molar-refractivity contribution in [2.24, 2.45) is 0 Å². The Kier molecular flexibility index (Phi) is 5.19. The van der Waals surface area contributed by atoms with Crippen LogP contribution in [0.5, 0.6) is 0 Å². The molecule has 1 amide bonds. The SMILES string of the molecule is Cc1ccc(-c2nc(C(=O)NC[C@@H](c3cccs3)N3CCCC3)cs2)o1. The normalized spacial score (nSPS) is 16.0. The summed E-state index contributed by atoms with van der Waals surface area (Å²) in [6, 6.07) is 8.25. The summed E-state index contributed by atoms with van der Waals surface area (Å²) < 4.78 is 5.59. The molecule has 0 aliphatic carbocycles. The van der Waals surface area contributed by atoms with Crippen LogP contribution >= 0.6 is 22.7 Å². The zero-order valence-corrected chi connectivity index (χ0v) is 16.2. The highest BCUT2D eigenvalue weighted by atomic mass is 32.1. The van der Waals surface area contributed by atoms with Gasteiger partial charge in [-0.05, 0) is 56.4 Å². The first-order chi connectivity index (χ1) is 12.7. The Morgan fingerprint density at radius 2 is 2.15 bits per heavy atom. The van der Waals surface area contributed by atoms with Crippen molar-refractivity contribution in [3.8, 4) is 10.8 Å².